The van der Waals surface area contributed by atoms with Crippen LogP contribution in [0.4, 0.5) is 0 Å². The van der Waals surface area contributed by atoms with Gasteiger partial charge in [0.15, 0.2) is 5.69 Å². The number of benzene rings is 1. The van der Waals surface area contributed by atoms with Gasteiger partial charge in [-0.25, -0.2) is 4.68 Å². The highest BCUT2D eigenvalue weighted by atomic mass is 16.2. The molecule has 1 aromatic heterocycles. The van der Waals surface area contributed by atoms with Gasteiger partial charge < -0.3 is 5.32 Å². The van der Waals surface area contributed by atoms with Gasteiger partial charge >= 0.3 is 0 Å². The topological polar surface area (TPSA) is 70.7 Å². The van der Waals surface area contributed by atoms with Crippen LogP contribution < -0.4 is 5.32 Å². The average Bonchev–Trinajstić information content (AvgIpc) is 2.97. The number of carbonyl (C=O) groups is 1. The Balaban J connectivity index is 2.09. The summed E-state index contributed by atoms with van der Waals surface area (Å²) < 4.78 is 1.64. The maximum absolute atomic E-state index is 12.0. The summed E-state index contributed by atoms with van der Waals surface area (Å²) in [7, 11) is 0. The van der Waals surface area contributed by atoms with Crippen LogP contribution in [-0.2, 0) is 0 Å². The number of amides is 1. The molecule has 0 saturated heterocycles. The summed E-state index contributed by atoms with van der Waals surface area (Å²) in [5.41, 5.74) is 1.20. The Morgan fingerprint density at radius 2 is 2.15 bits per heavy atom. The number of para-hydroxylation sites is 1. The van der Waals surface area contributed by atoms with Crippen LogP contribution in [0.25, 0.3) is 5.69 Å². The third-order valence-corrected chi connectivity index (χ3v) is 2.88. The number of nitrogens with one attached hydrogen (secondary N) is 1. The van der Waals surface area contributed by atoms with E-state index in [4.69, 9.17) is 5.26 Å². The third kappa shape index (κ3) is 3.23. The molecule has 5 heteroatoms. The summed E-state index contributed by atoms with van der Waals surface area (Å²) in [5, 5.41) is 15.8. The van der Waals surface area contributed by atoms with Crippen molar-refractivity contribution in [3.05, 3.63) is 48.3 Å². The third-order valence-electron chi connectivity index (χ3n) is 2.88. The second-order valence-electron chi connectivity index (χ2n) is 4.42. The molecule has 5 nitrogen and oxygen atoms in total. The summed E-state index contributed by atoms with van der Waals surface area (Å²) in [6.07, 6.45) is 3.21. The standard InChI is InChI=1S/C15H16N4O/c1-2-6-12(11-16)17-15(20)14-9-10-19(18-14)13-7-4-3-5-8-13/h3-5,7-10,12H,2,6H2,1H3,(H,17,20). The number of carbonyl (C=O) groups excluding carboxylic acids is 1. The van der Waals surface area contributed by atoms with Gasteiger partial charge in [0.2, 0.25) is 0 Å². The zero-order valence-electron chi connectivity index (χ0n) is 11.3. The highest BCUT2D eigenvalue weighted by Crippen LogP contribution is 2.07. The number of nitrogens with zero attached hydrogens (tertiary/aromatic N) is 3. The Hall–Kier alpha value is -2.61. The van der Waals surface area contributed by atoms with Gasteiger partial charge in [-0.15, -0.1) is 0 Å². The van der Waals surface area contributed by atoms with E-state index in [1.807, 2.05) is 37.3 Å². The van der Waals surface area contributed by atoms with Gasteiger partial charge in [0.05, 0.1) is 11.8 Å². The van der Waals surface area contributed by atoms with Crippen molar-refractivity contribution in [2.45, 2.75) is 25.8 Å². The van der Waals surface area contributed by atoms with Crippen molar-refractivity contribution >= 4 is 5.91 Å². The fraction of sp³-hybridized carbons (Fsp3) is 0.267. The quantitative estimate of drug-likeness (QED) is 0.904. The molecule has 0 fully saturated rings. The molecular weight excluding hydrogens is 252 g/mol. The minimum atomic E-state index is -0.464. The number of aromatic nitrogens is 2. The molecule has 1 N–H and O–H groups in total. The Morgan fingerprint density at radius 3 is 2.80 bits per heavy atom. The van der Waals surface area contributed by atoms with E-state index in [-0.39, 0.29) is 5.91 Å². The lowest BCUT2D eigenvalue weighted by molar-refractivity contribution is 0.0938. The van der Waals surface area contributed by atoms with Crippen LogP contribution in [-0.4, -0.2) is 21.7 Å². The molecule has 0 aliphatic carbocycles. The summed E-state index contributed by atoms with van der Waals surface area (Å²) in [6.45, 7) is 1.97. The molecule has 1 unspecified atom stereocenters. The highest BCUT2D eigenvalue weighted by molar-refractivity contribution is 5.92. The van der Waals surface area contributed by atoms with Crippen LogP contribution >= 0.6 is 0 Å². The molecule has 102 valence electrons. The van der Waals surface area contributed by atoms with Gasteiger partial charge in [0.25, 0.3) is 5.91 Å². The maximum Gasteiger partial charge on any atom is 0.272 e. The molecular formula is C15H16N4O. The van der Waals surface area contributed by atoms with Crippen molar-refractivity contribution in [3.8, 4) is 11.8 Å². The molecule has 1 atom stereocenters. The smallest absolute Gasteiger partial charge is 0.272 e. The fourth-order valence-corrected chi connectivity index (χ4v) is 1.86. The number of nitriles is 1. The van der Waals surface area contributed by atoms with Gasteiger partial charge in [-0.1, -0.05) is 31.5 Å². The van der Waals surface area contributed by atoms with Crippen LogP contribution in [0, 0.1) is 11.3 Å². The minimum Gasteiger partial charge on any atom is -0.335 e. The zero-order chi connectivity index (χ0) is 14.4. The first-order valence-electron chi connectivity index (χ1n) is 6.56. The van der Waals surface area contributed by atoms with Crippen LogP contribution in [0.3, 0.4) is 0 Å². The molecule has 0 aliphatic heterocycles. The van der Waals surface area contributed by atoms with Crippen molar-refractivity contribution < 1.29 is 4.79 Å². The molecule has 0 radical (unpaired) electrons. The summed E-state index contributed by atoms with van der Waals surface area (Å²) in [6, 6.07) is 12.8. The Labute approximate surface area is 117 Å². The van der Waals surface area contributed by atoms with Crippen molar-refractivity contribution in [3.63, 3.8) is 0 Å². The fourth-order valence-electron chi connectivity index (χ4n) is 1.86. The van der Waals surface area contributed by atoms with E-state index in [0.717, 1.165) is 12.1 Å². The second-order valence-corrected chi connectivity index (χ2v) is 4.42. The largest absolute Gasteiger partial charge is 0.335 e. The van der Waals surface area contributed by atoms with E-state index < -0.39 is 6.04 Å². The lowest BCUT2D eigenvalue weighted by Gasteiger charge is -2.08. The van der Waals surface area contributed by atoms with Gasteiger partial charge in [-0.05, 0) is 24.6 Å². The molecule has 1 heterocycles. The molecule has 1 aromatic carbocycles. The van der Waals surface area contributed by atoms with Crippen molar-refractivity contribution in [1.82, 2.24) is 15.1 Å². The van der Waals surface area contributed by atoms with Crippen LogP contribution in [0.1, 0.15) is 30.3 Å². The first kappa shape index (κ1) is 13.8. The highest BCUT2D eigenvalue weighted by Gasteiger charge is 2.14. The van der Waals surface area contributed by atoms with E-state index in [0.29, 0.717) is 12.1 Å². The van der Waals surface area contributed by atoms with E-state index >= 15 is 0 Å². The molecule has 0 aliphatic rings. The Bertz CT molecular complexity index is 612. The Kier molecular flexibility index (Phi) is 4.51. The minimum absolute atomic E-state index is 0.310. The number of rotatable bonds is 5. The molecule has 1 amide bonds. The van der Waals surface area contributed by atoms with E-state index in [1.54, 1.807) is 16.9 Å². The number of hydrogen-bond donors (Lipinski definition) is 1. The van der Waals surface area contributed by atoms with Crippen molar-refractivity contribution in [2.75, 3.05) is 0 Å². The summed E-state index contributed by atoms with van der Waals surface area (Å²) >= 11 is 0. The predicted molar refractivity (Wildman–Crippen MR) is 75.3 cm³/mol. The lowest BCUT2D eigenvalue weighted by atomic mass is 10.2. The van der Waals surface area contributed by atoms with Gasteiger partial charge in [-0.2, -0.15) is 10.4 Å². The van der Waals surface area contributed by atoms with Gasteiger partial charge in [-0.3, -0.25) is 4.79 Å². The average molecular weight is 268 g/mol. The SMILES string of the molecule is CCCC(C#N)NC(=O)c1ccn(-c2ccccc2)n1. The van der Waals surface area contributed by atoms with Crippen LogP contribution in [0.5, 0.6) is 0 Å². The molecule has 2 aromatic rings. The first-order chi connectivity index (χ1) is 9.74. The molecule has 0 bridgehead atoms. The molecule has 20 heavy (non-hydrogen) atoms. The summed E-state index contributed by atoms with van der Waals surface area (Å²) in [4.78, 5) is 12.0. The van der Waals surface area contributed by atoms with Crippen LogP contribution in [0.15, 0.2) is 42.6 Å². The van der Waals surface area contributed by atoms with E-state index in [1.165, 1.54) is 0 Å². The summed E-state index contributed by atoms with van der Waals surface area (Å²) in [5.74, 6) is -0.320. The van der Waals surface area contributed by atoms with Gasteiger partial charge in [0.1, 0.15) is 6.04 Å². The molecule has 2 rings (SSSR count). The Morgan fingerprint density at radius 1 is 1.40 bits per heavy atom. The van der Waals surface area contributed by atoms with E-state index in [9.17, 15) is 4.79 Å². The monoisotopic (exact) mass is 268 g/mol. The predicted octanol–water partition coefficient (Wildman–Crippen LogP) is 2.29. The maximum atomic E-state index is 12.0. The molecule has 0 saturated carbocycles. The van der Waals surface area contributed by atoms with Crippen molar-refractivity contribution in [1.29, 1.82) is 5.26 Å². The first-order valence-corrected chi connectivity index (χ1v) is 6.56. The second kappa shape index (κ2) is 6.53. The zero-order valence-corrected chi connectivity index (χ0v) is 11.3. The molecule has 0 spiro atoms. The number of hydrogen-bond acceptors (Lipinski definition) is 3. The van der Waals surface area contributed by atoms with Crippen molar-refractivity contribution in [2.24, 2.45) is 0 Å². The van der Waals surface area contributed by atoms with E-state index in [2.05, 4.69) is 16.5 Å². The normalized spacial score (nSPS) is 11.6. The lowest BCUT2D eigenvalue weighted by Crippen LogP contribution is -2.33. The van der Waals surface area contributed by atoms with Crippen LogP contribution in [0.2, 0.25) is 0 Å². The van der Waals surface area contributed by atoms with Gasteiger partial charge in [0, 0.05) is 6.20 Å².